The van der Waals surface area contributed by atoms with E-state index in [1.54, 1.807) is 31.2 Å². The monoisotopic (exact) mass is 960 g/mol. The number of nitrogens with one attached hydrogen (secondary N) is 4. The number of para-hydroxylation sites is 2. The van der Waals surface area contributed by atoms with Crippen LogP contribution in [0.3, 0.4) is 0 Å². The number of amides is 2. The van der Waals surface area contributed by atoms with Crippen LogP contribution >= 0.6 is 0 Å². The predicted molar refractivity (Wildman–Crippen MR) is 284 cm³/mol. The molecule has 0 aliphatic heterocycles. The summed E-state index contributed by atoms with van der Waals surface area (Å²) in [5.41, 5.74) is 5.50. The predicted octanol–water partition coefficient (Wildman–Crippen LogP) is 10.3. The first-order chi connectivity index (χ1) is 34.7. The molecule has 11 heteroatoms. The lowest BCUT2D eigenvalue weighted by molar-refractivity contribution is -0.147. The Bertz CT molecular complexity index is 3300. The third-order valence-corrected chi connectivity index (χ3v) is 11.7. The van der Waals surface area contributed by atoms with Gasteiger partial charge in [-0.3, -0.25) is 9.59 Å². The second-order valence-corrected chi connectivity index (χ2v) is 18.5. The van der Waals surface area contributed by atoms with Crippen LogP contribution < -0.4 is 20.1 Å². The van der Waals surface area contributed by atoms with Gasteiger partial charge in [0.2, 0.25) is 0 Å². The Morgan fingerprint density at radius 3 is 1.42 bits per heavy atom. The second-order valence-electron chi connectivity index (χ2n) is 18.5. The SMILES string of the molecule is CC(C)Oc1ccc(C#Cc2ccccc2)cc1C(=O)NC(C)(CO)Cc1c[nH]c2ccccc12.COC(=O)C(C)(Cc1c[nH]c2ccccc12)NC(=O)c1cc(C#Cc2ccccc2)ccc1OC(C)C. The Balaban J connectivity index is 0.000000212. The molecule has 72 heavy (non-hydrogen) atoms. The molecule has 11 nitrogen and oxygen atoms in total. The molecule has 2 unspecified atom stereocenters. The van der Waals surface area contributed by atoms with Gasteiger partial charge in [0.15, 0.2) is 0 Å². The highest BCUT2D eigenvalue weighted by atomic mass is 16.5. The highest BCUT2D eigenvalue weighted by molar-refractivity contribution is 6.01. The summed E-state index contributed by atoms with van der Waals surface area (Å²) in [7, 11) is 1.31. The zero-order valence-electron chi connectivity index (χ0n) is 41.7. The van der Waals surface area contributed by atoms with E-state index in [1.165, 1.54) is 7.11 Å². The Labute approximate surface area is 421 Å². The molecule has 0 fully saturated rings. The molecule has 0 bridgehead atoms. The minimum atomic E-state index is -1.32. The highest BCUT2D eigenvalue weighted by Crippen LogP contribution is 2.28. The van der Waals surface area contributed by atoms with Gasteiger partial charge in [-0.1, -0.05) is 96.5 Å². The first-order valence-corrected chi connectivity index (χ1v) is 23.9. The van der Waals surface area contributed by atoms with Crippen molar-refractivity contribution >= 4 is 39.6 Å². The molecule has 2 amide bonds. The number of aliphatic hydroxyl groups excluding tert-OH is 1. The average molecular weight is 961 g/mol. The van der Waals surface area contributed by atoms with Crippen LogP contribution in [0.1, 0.15) is 95.6 Å². The van der Waals surface area contributed by atoms with E-state index in [2.05, 4.69) is 44.3 Å². The maximum Gasteiger partial charge on any atom is 0.331 e. The summed E-state index contributed by atoms with van der Waals surface area (Å²) in [6, 6.07) is 45.7. The quantitative estimate of drug-likeness (QED) is 0.0537. The maximum atomic E-state index is 13.6. The fourth-order valence-corrected chi connectivity index (χ4v) is 8.16. The van der Waals surface area contributed by atoms with E-state index < -0.39 is 23.0 Å². The number of hydrogen-bond acceptors (Lipinski definition) is 7. The Morgan fingerprint density at radius 1 is 0.556 bits per heavy atom. The van der Waals surface area contributed by atoms with E-state index in [1.807, 2.05) is 168 Å². The zero-order chi connectivity index (χ0) is 51.3. The lowest BCUT2D eigenvalue weighted by Crippen LogP contribution is -2.54. The lowest BCUT2D eigenvalue weighted by Gasteiger charge is -2.29. The molecule has 0 aliphatic rings. The molecule has 0 aliphatic carbocycles. The number of ether oxygens (including phenoxy) is 3. The van der Waals surface area contributed by atoms with Gasteiger partial charge in [-0.05, 0) is 132 Å². The van der Waals surface area contributed by atoms with Gasteiger partial charge in [-0.25, -0.2) is 4.79 Å². The lowest BCUT2D eigenvalue weighted by atomic mass is 9.91. The minimum Gasteiger partial charge on any atom is -0.490 e. The van der Waals surface area contributed by atoms with E-state index in [-0.39, 0.29) is 31.1 Å². The molecular weight excluding hydrogens is 901 g/mol. The summed E-state index contributed by atoms with van der Waals surface area (Å²) in [5, 5.41) is 18.3. The Morgan fingerprint density at radius 2 is 0.972 bits per heavy atom. The van der Waals surface area contributed by atoms with Gasteiger partial charge in [0.25, 0.3) is 11.8 Å². The van der Waals surface area contributed by atoms with Crippen LogP contribution in [0, 0.1) is 23.7 Å². The topological polar surface area (TPSA) is 155 Å². The Hall–Kier alpha value is -8.51. The minimum absolute atomic E-state index is 0.0988. The number of methoxy groups -OCH3 is 1. The highest BCUT2D eigenvalue weighted by Gasteiger charge is 2.38. The molecule has 0 saturated carbocycles. The molecule has 2 aromatic heterocycles. The van der Waals surface area contributed by atoms with E-state index in [0.29, 0.717) is 40.2 Å². The van der Waals surface area contributed by atoms with Gasteiger partial charge in [0.1, 0.15) is 17.0 Å². The van der Waals surface area contributed by atoms with Crippen LogP contribution in [-0.2, 0) is 22.4 Å². The smallest absolute Gasteiger partial charge is 0.331 e. The molecule has 0 radical (unpaired) electrons. The van der Waals surface area contributed by atoms with Crippen LogP contribution in [0.15, 0.2) is 158 Å². The number of esters is 1. The van der Waals surface area contributed by atoms with Gasteiger partial charge >= 0.3 is 5.97 Å². The summed E-state index contributed by atoms with van der Waals surface area (Å²) < 4.78 is 16.9. The molecule has 366 valence electrons. The number of rotatable bonds is 14. The number of aromatic nitrogens is 2. The van der Waals surface area contributed by atoms with Crippen LogP contribution in [0.2, 0.25) is 0 Å². The summed E-state index contributed by atoms with van der Waals surface area (Å²) in [4.78, 5) is 46.6. The van der Waals surface area contributed by atoms with Crippen molar-refractivity contribution < 1.29 is 33.7 Å². The van der Waals surface area contributed by atoms with Gasteiger partial charge < -0.3 is 39.9 Å². The number of H-pyrrole nitrogens is 2. The molecule has 2 atom stereocenters. The van der Waals surface area contributed by atoms with E-state index in [4.69, 9.17) is 14.2 Å². The average Bonchev–Trinajstić information content (AvgIpc) is 3.98. The van der Waals surface area contributed by atoms with Gasteiger partial charge in [-0.15, -0.1) is 0 Å². The van der Waals surface area contributed by atoms with E-state index in [0.717, 1.165) is 44.1 Å². The maximum absolute atomic E-state index is 13.6. The molecule has 8 rings (SSSR count). The van der Waals surface area contributed by atoms with Crippen LogP contribution in [0.25, 0.3) is 21.8 Å². The molecule has 0 spiro atoms. The van der Waals surface area contributed by atoms with E-state index >= 15 is 0 Å². The molecule has 2 heterocycles. The fourth-order valence-electron chi connectivity index (χ4n) is 8.16. The van der Waals surface area contributed by atoms with Crippen LogP contribution in [0.5, 0.6) is 11.5 Å². The largest absolute Gasteiger partial charge is 0.490 e. The van der Waals surface area contributed by atoms with Gasteiger partial charge in [0.05, 0.1) is 42.6 Å². The number of fused-ring (bicyclic) bond motifs is 2. The normalized spacial score (nSPS) is 12.5. The van der Waals surface area contributed by atoms with Gasteiger partial charge in [-0.2, -0.15) is 0 Å². The molecule has 5 N–H and O–H groups in total. The first-order valence-electron chi connectivity index (χ1n) is 23.9. The van der Waals surface area contributed by atoms with Crippen molar-refractivity contribution in [2.75, 3.05) is 13.7 Å². The van der Waals surface area contributed by atoms with Crippen LogP contribution in [-0.4, -0.2) is 69.9 Å². The molecular formula is C61H60N4O7. The molecule has 6 aromatic carbocycles. The van der Waals surface area contributed by atoms with Crippen molar-refractivity contribution in [2.24, 2.45) is 0 Å². The number of hydrogen-bond donors (Lipinski definition) is 5. The number of carbonyl (C=O) groups excluding carboxylic acids is 3. The molecule has 8 aromatic rings. The van der Waals surface area contributed by atoms with Crippen molar-refractivity contribution in [1.82, 2.24) is 20.6 Å². The first kappa shape index (κ1) is 51.3. The molecule has 0 saturated heterocycles. The van der Waals surface area contributed by atoms with Crippen molar-refractivity contribution in [3.05, 3.63) is 202 Å². The fraction of sp³-hybridized carbons (Fsp3) is 0.230. The van der Waals surface area contributed by atoms with Crippen molar-refractivity contribution in [3.8, 4) is 35.2 Å². The third-order valence-electron chi connectivity index (χ3n) is 11.7. The van der Waals surface area contributed by atoms with Crippen LogP contribution in [0.4, 0.5) is 0 Å². The number of benzene rings is 6. The van der Waals surface area contributed by atoms with Gasteiger partial charge in [0, 0.05) is 62.9 Å². The third kappa shape index (κ3) is 13.2. The second kappa shape index (κ2) is 23.4. The number of aliphatic hydroxyl groups is 1. The Kier molecular flexibility index (Phi) is 16.7. The standard InChI is InChI=1S/C31H30N2O4.C30H30N2O3/c1-21(2)37-28-17-16-23(15-14-22-10-6-5-7-11-22)18-26(28)29(34)33-31(3,30(35)36-4)19-24-20-32-27-13-9-8-12-25(24)27;1-21(2)35-28-16-15-23(14-13-22-9-5-4-6-10-22)17-26(28)29(34)32-30(3,20-33)18-24-19-31-27-12-8-7-11-25(24)27/h5-13,16-18,20-21,32H,19H2,1-4H3,(H,33,34);4-12,15-17,19,21,31,33H,18,20H2,1-3H3,(H,32,34). The summed E-state index contributed by atoms with van der Waals surface area (Å²) in [6.45, 7) is 10.9. The van der Waals surface area contributed by atoms with Crippen molar-refractivity contribution in [1.29, 1.82) is 0 Å². The summed E-state index contributed by atoms with van der Waals surface area (Å²) in [5.74, 6) is 12.1. The van der Waals surface area contributed by atoms with Crippen molar-refractivity contribution in [3.63, 3.8) is 0 Å². The number of carbonyl (C=O) groups is 3. The van der Waals surface area contributed by atoms with Crippen molar-refractivity contribution in [2.45, 2.75) is 77.7 Å². The zero-order valence-corrected chi connectivity index (χ0v) is 41.7. The van der Waals surface area contributed by atoms with E-state index in [9.17, 15) is 19.5 Å². The summed E-state index contributed by atoms with van der Waals surface area (Å²) in [6.07, 6.45) is 4.24. The summed E-state index contributed by atoms with van der Waals surface area (Å²) >= 11 is 0. The number of aromatic amines is 2.